The van der Waals surface area contributed by atoms with Crippen molar-refractivity contribution in [1.29, 1.82) is 0 Å². The molecule has 0 aliphatic carbocycles. The van der Waals surface area contributed by atoms with Crippen molar-refractivity contribution in [2.24, 2.45) is 0 Å². The van der Waals surface area contributed by atoms with Crippen LogP contribution < -0.4 is 4.74 Å². The van der Waals surface area contributed by atoms with Gasteiger partial charge in [-0.25, -0.2) is 9.78 Å². The molecule has 0 aromatic carbocycles. The number of thioether (sulfide) groups is 1. The Bertz CT molecular complexity index is 841. The molecule has 11 heteroatoms. The summed E-state index contributed by atoms with van der Waals surface area (Å²) in [7, 11) is 0. The summed E-state index contributed by atoms with van der Waals surface area (Å²) in [5.41, 5.74) is 0. The van der Waals surface area contributed by atoms with Gasteiger partial charge in [0.05, 0.1) is 9.62 Å². The van der Waals surface area contributed by atoms with Gasteiger partial charge in [0.1, 0.15) is 6.10 Å². The van der Waals surface area contributed by atoms with E-state index >= 15 is 0 Å². The Morgan fingerprint density at radius 1 is 1.24 bits per heavy atom. The minimum Gasteiger partial charge on any atom is -0.475 e. The Labute approximate surface area is 172 Å². The molecule has 1 N–H and O–H groups in total. The highest BCUT2D eigenvalue weighted by Crippen LogP contribution is 2.46. The zero-order valence-corrected chi connectivity index (χ0v) is 16.6. The number of pyridine rings is 1. The number of ether oxygens (including phenoxy) is 1. The second kappa shape index (κ2) is 8.62. The van der Waals surface area contributed by atoms with E-state index in [9.17, 15) is 18.0 Å². The van der Waals surface area contributed by atoms with E-state index in [0.717, 1.165) is 30.1 Å². The van der Waals surface area contributed by atoms with E-state index in [0.29, 0.717) is 5.88 Å². The zero-order chi connectivity index (χ0) is 21.1. The molecule has 0 bridgehead atoms. The van der Waals surface area contributed by atoms with Crippen LogP contribution in [-0.2, 0) is 4.79 Å². The van der Waals surface area contributed by atoms with Gasteiger partial charge in [-0.05, 0) is 17.5 Å². The first-order chi connectivity index (χ1) is 13.7. The van der Waals surface area contributed by atoms with E-state index in [2.05, 4.69) is 4.98 Å². The number of likely N-dealkylation sites (tertiary alicyclic amines) is 1. The third-order valence-electron chi connectivity index (χ3n) is 4.32. The number of alkyl halides is 3. The van der Waals surface area contributed by atoms with Crippen molar-refractivity contribution in [3.8, 4) is 5.88 Å². The van der Waals surface area contributed by atoms with Gasteiger partial charge >= 0.3 is 12.1 Å². The first-order valence-electron chi connectivity index (χ1n) is 8.53. The number of aliphatic carboxylic acids is 1. The van der Waals surface area contributed by atoms with Crippen LogP contribution in [-0.4, -0.2) is 62.7 Å². The number of hydrogen-bond acceptors (Lipinski definition) is 6. The largest absolute Gasteiger partial charge is 0.490 e. The fourth-order valence-corrected chi connectivity index (χ4v) is 5.25. The summed E-state index contributed by atoms with van der Waals surface area (Å²) in [5.74, 6) is -0.934. The molecule has 156 valence electrons. The minimum absolute atomic E-state index is 0.162. The number of carboxylic acids is 1. The Morgan fingerprint density at radius 2 is 1.97 bits per heavy atom. The third kappa shape index (κ3) is 5.41. The van der Waals surface area contributed by atoms with Gasteiger partial charge in [0.15, 0.2) is 0 Å². The first-order valence-corrected chi connectivity index (χ1v) is 10.4. The van der Waals surface area contributed by atoms with Crippen molar-refractivity contribution in [2.75, 3.05) is 18.8 Å². The standard InChI is InChI=1S/C16H16N2O2S2.C2HF3O2/c19-15(13-4-3-7-21-13)18-10-16(11-18)8-12(9-22-16)20-14-5-1-2-6-17-14;3-2(4,5)1(6)7/h1-7,12H,8-11H2;(H,6,7). The summed E-state index contributed by atoms with van der Waals surface area (Å²) in [4.78, 5) is 28.2. The van der Waals surface area contributed by atoms with E-state index in [-0.39, 0.29) is 16.8 Å². The van der Waals surface area contributed by atoms with Gasteiger partial charge in [-0.15, -0.1) is 23.1 Å². The number of carbonyl (C=O) groups is 2. The fourth-order valence-electron chi connectivity index (χ4n) is 3.04. The molecule has 0 radical (unpaired) electrons. The molecule has 4 heterocycles. The van der Waals surface area contributed by atoms with E-state index in [1.165, 1.54) is 11.3 Å². The maximum Gasteiger partial charge on any atom is 0.490 e. The van der Waals surface area contributed by atoms with E-state index < -0.39 is 12.1 Å². The SMILES string of the molecule is O=C(O)C(F)(F)F.O=C(c1cccs1)N1CC2(CC(Oc3ccccn3)CS2)C1. The lowest BCUT2D eigenvalue weighted by atomic mass is 9.93. The molecule has 2 saturated heterocycles. The molecule has 1 unspecified atom stereocenters. The van der Waals surface area contributed by atoms with Crippen LogP contribution in [0.15, 0.2) is 41.9 Å². The highest BCUT2D eigenvalue weighted by atomic mass is 32.2. The molecule has 29 heavy (non-hydrogen) atoms. The molecule has 2 fully saturated rings. The zero-order valence-electron chi connectivity index (χ0n) is 15.0. The summed E-state index contributed by atoms with van der Waals surface area (Å²) in [5, 5.41) is 9.07. The van der Waals surface area contributed by atoms with Gasteiger partial charge in [-0.3, -0.25) is 4.79 Å². The van der Waals surface area contributed by atoms with Crippen molar-refractivity contribution in [1.82, 2.24) is 9.88 Å². The summed E-state index contributed by atoms with van der Waals surface area (Å²) in [6.07, 6.45) is -2.15. The van der Waals surface area contributed by atoms with Gasteiger partial charge in [0, 0.05) is 37.5 Å². The van der Waals surface area contributed by atoms with Crippen LogP contribution in [0, 0.1) is 0 Å². The van der Waals surface area contributed by atoms with Gasteiger partial charge in [-0.2, -0.15) is 13.2 Å². The molecule has 2 aliphatic rings. The molecule has 1 amide bonds. The molecule has 4 rings (SSSR count). The van der Waals surface area contributed by atoms with E-state index in [4.69, 9.17) is 14.6 Å². The summed E-state index contributed by atoms with van der Waals surface area (Å²) < 4.78 is 37.9. The number of thiophene rings is 1. The van der Waals surface area contributed by atoms with Crippen LogP contribution >= 0.6 is 23.1 Å². The van der Waals surface area contributed by atoms with Crippen molar-refractivity contribution < 1.29 is 32.6 Å². The monoisotopic (exact) mass is 446 g/mol. The molecule has 2 aliphatic heterocycles. The molecule has 2 aromatic heterocycles. The van der Waals surface area contributed by atoms with Crippen molar-refractivity contribution in [3.63, 3.8) is 0 Å². The number of halogens is 3. The molecule has 1 atom stereocenters. The van der Waals surface area contributed by atoms with Crippen molar-refractivity contribution in [3.05, 3.63) is 46.8 Å². The lowest BCUT2D eigenvalue weighted by Gasteiger charge is -2.47. The van der Waals surface area contributed by atoms with Crippen LogP contribution in [0.1, 0.15) is 16.1 Å². The number of hydrogen-bond donors (Lipinski definition) is 1. The Balaban J connectivity index is 0.000000298. The average molecular weight is 446 g/mol. The predicted molar refractivity (Wildman–Crippen MR) is 102 cm³/mol. The fraction of sp³-hybridized carbons (Fsp3) is 0.389. The molecule has 2 aromatic rings. The third-order valence-corrected chi connectivity index (χ3v) is 6.75. The van der Waals surface area contributed by atoms with Gasteiger partial charge in [-0.1, -0.05) is 12.1 Å². The summed E-state index contributed by atoms with van der Waals surface area (Å²) >= 11 is 3.44. The molecule has 6 nitrogen and oxygen atoms in total. The molecule has 1 spiro atoms. The Morgan fingerprint density at radius 3 is 2.52 bits per heavy atom. The molecular weight excluding hydrogens is 429 g/mol. The number of amides is 1. The highest BCUT2D eigenvalue weighted by Gasteiger charge is 2.51. The van der Waals surface area contributed by atoms with E-state index in [1.807, 2.05) is 52.4 Å². The van der Waals surface area contributed by atoms with Crippen molar-refractivity contribution in [2.45, 2.75) is 23.4 Å². The predicted octanol–water partition coefficient (Wildman–Crippen LogP) is 3.56. The molecular formula is C18H17F3N2O4S2. The maximum atomic E-state index is 12.3. The van der Waals surface area contributed by atoms with Gasteiger partial charge in [0.2, 0.25) is 5.88 Å². The van der Waals surface area contributed by atoms with Crippen molar-refractivity contribution >= 4 is 35.0 Å². The maximum absolute atomic E-state index is 12.3. The summed E-state index contributed by atoms with van der Waals surface area (Å²) in [6, 6.07) is 9.53. The van der Waals surface area contributed by atoms with Gasteiger partial charge in [0.25, 0.3) is 5.91 Å². The lowest BCUT2D eigenvalue weighted by molar-refractivity contribution is -0.192. The average Bonchev–Trinajstić information content (AvgIpc) is 3.31. The lowest BCUT2D eigenvalue weighted by Crippen LogP contribution is -2.60. The van der Waals surface area contributed by atoms with Crippen LogP contribution in [0.2, 0.25) is 0 Å². The van der Waals surface area contributed by atoms with Crippen LogP contribution in [0.4, 0.5) is 13.2 Å². The normalized spacial score (nSPS) is 19.8. The quantitative estimate of drug-likeness (QED) is 0.777. The number of carbonyl (C=O) groups excluding carboxylic acids is 1. The second-order valence-electron chi connectivity index (χ2n) is 6.55. The highest BCUT2D eigenvalue weighted by molar-refractivity contribution is 8.01. The van der Waals surface area contributed by atoms with Gasteiger partial charge < -0.3 is 14.7 Å². The van der Waals surface area contributed by atoms with Crippen LogP contribution in [0.5, 0.6) is 5.88 Å². The number of carboxylic acid groups (broad SMARTS) is 1. The molecule has 0 saturated carbocycles. The Kier molecular flexibility index (Phi) is 6.37. The summed E-state index contributed by atoms with van der Waals surface area (Å²) in [6.45, 7) is 1.66. The second-order valence-corrected chi connectivity index (χ2v) is 8.98. The Hall–Kier alpha value is -2.27. The van der Waals surface area contributed by atoms with E-state index in [1.54, 1.807) is 6.20 Å². The number of rotatable bonds is 3. The number of nitrogens with zero attached hydrogens (tertiary/aromatic N) is 2. The minimum atomic E-state index is -5.08. The first kappa shape index (κ1) is 21.4. The van der Waals surface area contributed by atoms with Crippen LogP contribution in [0.3, 0.4) is 0 Å². The van der Waals surface area contributed by atoms with Crippen LogP contribution in [0.25, 0.3) is 0 Å². The number of aromatic nitrogens is 1. The smallest absolute Gasteiger partial charge is 0.475 e. The topological polar surface area (TPSA) is 79.7 Å².